The van der Waals surface area contributed by atoms with Crippen molar-refractivity contribution < 1.29 is 5.11 Å². The Kier molecular flexibility index (Phi) is 5.19. The van der Waals surface area contributed by atoms with Crippen molar-refractivity contribution in [3.05, 3.63) is 0 Å². The predicted octanol–water partition coefficient (Wildman–Crippen LogP) is 2.80. The molecule has 0 spiro atoms. The molecule has 1 aliphatic carbocycles. The van der Waals surface area contributed by atoms with Crippen molar-refractivity contribution in [3.8, 4) is 0 Å². The molecule has 1 saturated heterocycles. The lowest BCUT2D eigenvalue weighted by Gasteiger charge is -2.37. The van der Waals surface area contributed by atoms with Crippen LogP contribution in [0.4, 0.5) is 0 Å². The van der Waals surface area contributed by atoms with Crippen LogP contribution in [0.2, 0.25) is 0 Å². The van der Waals surface area contributed by atoms with Crippen LogP contribution in [0.5, 0.6) is 0 Å². The molecule has 0 bridgehead atoms. The van der Waals surface area contributed by atoms with Gasteiger partial charge < -0.3 is 10.4 Å². The van der Waals surface area contributed by atoms with E-state index in [1.807, 2.05) is 11.8 Å². The standard InChI is InChI=1S/C14H27NOS/c1-2-12-5-7-14(16,8-6-12)11-15-13-4-3-9-17-10-13/h12-13,15-16H,2-11H2,1H3. The summed E-state index contributed by atoms with van der Waals surface area (Å²) in [5, 5.41) is 14.1. The van der Waals surface area contributed by atoms with Gasteiger partial charge in [-0.1, -0.05) is 13.3 Å². The fraction of sp³-hybridized carbons (Fsp3) is 1.00. The summed E-state index contributed by atoms with van der Waals surface area (Å²) in [5.41, 5.74) is -0.409. The molecule has 17 heavy (non-hydrogen) atoms. The zero-order valence-corrected chi connectivity index (χ0v) is 11.9. The average Bonchev–Trinajstić information content (AvgIpc) is 2.39. The molecule has 1 aliphatic heterocycles. The summed E-state index contributed by atoms with van der Waals surface area (Å²) >= 11 is 2.05. The number of rotatable bonds is 4. The van der Waals surface area contributed by atoms with Gasteiger partial charge in [0, 0.05) is 18.3 Å². The number of aliphatic hydroxyl groups is 1. The van der Waals surface area contributed by atoms with Crippen molar-refractivity contribution in [2.75, 3.05) is 18.1 Å². The Morgan fingerprint density at radius 3 is 2.65 bits per heavy atom. The Balaban J connectivity index is 1.70. The molecule has 2 rings (SSSR count). The van der Waals surface area contributed by atoms with Gasteiger partial charge in [0.05, 0.1) is 5.60 Å². The Labute approximate surface area is 110 Å². The van der Waals surface area contributed by atoms with Crippen LogP contribution in [0.25, 0.3) is 0 Å². The minimum atomic E-state index is -0.409. The van der Waals surface area contributed by atoms with Crippen LogP contribution in [0.3, 0.4) is 0 Å². The van der Waals surface area contributed by atoms with Gasteiger partial charge in [-0.15, -0.1) is 0 Å². The molecule has 2 aliphatic rings. The molecule has 0 amide bonds. The molecule has 3 heteroatoms. The van der Waals surface area contributed by atoms with Gasteiger partial charge in [-0.05, 0) is 50.2 Å². The second kappa shape index (κ2) is 6.44. The van der Waals surface area contributed by atoms with Gasteiger partial charge in [-0.25, -0.2) is 0 Å². The molecule has 2 N–H and O–H groups in total. The molecule has 1 unspecified atom stereocenters. The Bertz CT molecular complexity index is 220. The molecular weight excluding hydrogens is 230 g/mol. The molecule has 2 nitrogen and oxygen atoms in total. The molecule has 2 fully saturated rings. The minimum absolute atomic E-state index is 0.409. The van der Waals surface area contributed by atoms with Crippen molar-refractivity contribution in [2.45, 2.75) is 63.5 Å². The topological polar surface area (TPSA) is 32.3 Å². The van der Waals surface area contributed by atoms with E-state index in [1.165, 1.54) is 43.6 Å². The SMILES string of the molecule is CCC1CCC(O)(CNC2CCCSC2)CC1. The van der Waals surface area contributed by atoms with Gasteiger partial charge in [-0.2, -0.15) is 11.8 Å². The summed E-state index contributed by atoms with van der Waals surface area (Å²) in [4.78, 5) is 0. The third-order valence-electron chi connectivity index (χ3n) is 4.49. The van der Waals surface area contributed by atoms with E-state index >= 15 is 0 Å². The highest BCUT2D eigenvalue weighted by molar-refractivity contribution is 7.99. The maximum Gasteiger partial charge on any atom is 0.0771 e. The van der Waals surface area contributed by atoms with E-state index in [1.54, 1.807) is 0 Å². The molecular formula is C14H27NOS. The highest BCUT2D eigenvalue weighted by atomic mass is 32.2. The smallest absolute Gasteiger partial charge is 0.0771 e. The number of nitrogens with one attached hydrogen (secondary N) is 1. The lowest BCUT2D eigenvalue weighted by atomic mass is 9.78. The number of hydrogen-bond donors (Lipinski definition) is 2. The summed E-state index contributed by atoms with van der Waals surface area (Å²) < 4.78 is 0. The van der Waals surface area contributed by atoms with Crippen molar-refractivity contribution in [2.24, 2.45) is 5.92 Å². The van der Waals surface area contributed by atoms with Gasteiger partial charge in [0.1, 0.15) is 0 Å². The maximum atomic E-state index is 10.5. The first kappa shape index (κ1) is 13.7. The second-order valence-corrected chi connectivity index (χ2v) is 7.02. The van der Waals surface area contributed by atoms with E-state index in [0.29, 0.717) is 6.04 Å². The molecule has 1 atom stereocenters. The van der Waals surface area contributed by atoms with E-state index < -0.39 is 5.60 Å². The zero-order chi connectivity index (χ0) is 12.1. The first-order chi connectivity index (χ1) is 8.22. The number of hydrogen-bond acceptors (Lipinski definition) is 3. The lowest BCUT2D eigenvalue weighted by Crippen LogP contribution is -2.47. The van der Waals surface area contributed by atoms with Crippen LogP contribution in [0.1, 0.15) is 51.9 Å². The normalized spacial score (nSPS) is 39.2. The van der Waals surface area contributed by atoms with Crippen LogP contribution in [0, 0.1) is 5.92 Å². The average molecular weight is 257 g/mol. The molecule has 0 aromatic heterocycles. The van der Waals surface area contributed by atoms with E-state index in [4.69, 9.17) is 0 Å². The van der Waals surface area contributed by atoms with Crippen LogP contribution in [-0.4, -0.2) is 34.8 Å². The van der Waals surface area contributed by atoms with E-state index in [9.17, 15) is 5.11 Å². The third kappa shape index (κ3) is 4.15. The Morgan fingerprint density at radius 2 is 2.06 bits per heavy atom. The van der Waals surface area contributed by atoms with Crippen LogP contribution < -0.4 is 5.32 Å². The predicted molar refractivity (Wildman–Crippen MR) is 75.5 cm³/mol. The van der Waals surface area contributed by atoms with Crippen LogP contribution >= 0.6 is 11.8 Å². The summed E-state index contributed by atoms with van der Waals surface area (Å²) in [7, 11) is 0. The van der Waals surface area contributed by atoms with E-state index in [0.717, 1.165) is 25.3 Å². The largest absolute Gasteiger partial charge is 0.389 e. The molecule has 1 saturated carbocycles. The lowest BCUT2D eigenvalue weighted by molar-refractivity contribution is -0.0104. The fourth-order valence-corrected chi connectivity index (χ4v) is 4.14. The molecule has 0 aromatic rings. The monoisotopic (exact) mass is 257 g/mol. The quantitative estimate of drug-likeness (QED) is 0.812. The van der Waals surface area contributed by atoms with Gasteiger partial charge in [0.25, 0.3) is 0 Å². The number of thioether (sulfide) groups is 1. The van der Waals surface area contributed by atoms with Crippen molar-refractivity contribution in [3.63, 3.8) is 0 Å². The van der Waals surface area contributed by atoms with Crippen molar-refractivity contribution in [1.29, 1.82) is 0 Å². The minimum Gasteiger partial charge on any atom is -0.389 e. The van der Waals surface area contributed by atoms with Gasteiger partial charge in [-0.3, -0.25) is 0 Å². The zero-order valence-electron chi connectivity index (χ0n) is 11.1. The third-order valence-corrected chi connectivity index (χ3v) is 5.71. The summed E-state index contributed by atoms with van der Waals surface area (Å²) in [5.74, 6) is 3.41. The van der Waals surface area contributed by atoms with E-state index in [-0.39, 0.29) is 0 Å². The van der Waals surface area contributed by atoms with Gasteiger partial charge in [0.2, 0.25) is 0 Å². The van der Waals surface area contributed by atoms with Crippen molar-refractivity contribution >= 4 is 11.8 Å². The van der Waals surface area contributed by atoms with Gasteiger partial charge >= 0.3 is 0 Å². The van der Waals surface area contributed by atoms with Crippen LogP contribution in [0.15, 0.2) is 0 Å². The first-order valence-electron chi connectivity index (χ1n) is 7.25. The maximum absolute atomic E-state index is 10.5. The van der Waals surface area contributed by atoms with E-state index in [2.05, 4.69) is 12.2 Å². The molecule has 0 radical (unpaired) electrons. The van der Waals surface area contributed by atoms with Crippen molar-refractivity contribution in [1.82, 2.24) is 5.32 Å². The van der Waals surface area contributed by atoms with Gasteiger partial charge in [0.15, 0.2) is 0 Å². The second-order valence-electron chi connectivity index (χ2n) is 5.87. The highest BCUT2D eigenvalue weighted by Crippen LogP contribution is 2.33. The fourth-order valence-electron chi connectivity index (χ4n) is 3.04. The summed E-state index contributed by atoms with van der Waals surface area (Å²) in [6.07, 6.45) is 8.33. The molecule has 100 valence electrons. The summed E-state index contributed by atoms with van der Waals surface area (Å²) in [6.45, 7) is 3.08. The van der Waals surface area contributed by atoms with Crippen LogP contribution in [-0.2, 0) is 0 Å². The Morgan fingerprint density at radius 1 is 1.29 bits per heavy atom. The highest BCUT2D eigenvalue weighted by Gasteiger charge is 2.32. The summed E-state index contributed by atoms with van der Waals surface area (Å²) in [6, 6.07) is 0.640. The molecule has 1 heterocycles. The first-order valence-corrected chi connectivity index (χ1v) is 8.41. The molecule has 0 aromatic carbocycles. The Hall–Kier alpha value is 0.270.